The van der Waals surface area contributed by atoms with Gasteiger partial charge >= 0.3 is 0 Å². The third-order valence-electron chi connectivity index (χ3n) is 3.36. The minimum atomic E-state index is 0.565. The third kappa shape index (κ3) is 4.49. The number of pyridine rings is 1. The summed E-state index contributed by atoms with van der Waals surface area (Å²) in [6, 6.07) is 2.90. The van der Waals surface area contributed by atoms with Crippen molar-refractivity contribution in [3.63, 3.8) is 0 Å². The van der Waals surface area contributed by atoms with Gasteiger partial charge in [-0.2, -0.15) is 0 Å². The number of rotatable bonds is 7. The van der Waals surface area contributed by atoms with Gasteiger partial charge in [0.25, 0.3) is 0 Å². The molecule has 1 heteroatoms. The van der Waals surface area contributed by atoms with E-state index in [0.717, 1.165) is 0 Å². The van der Waals surface area contributed by atoms with Gasteiger partial charge in [-0.05, 0) is 45.1 Å². The average molecular weight is 234 g/mol. The summed E-state index contributed by atoms with van der Waals surface area (Å²) in [4.78, 5) is 0. The SMILES string of the molecule is CCCCc1cc[n+](C(C)C)cc1CCCC. The number of hydrogen-bond acceptors (Lipinski definition) is 0. The topological polar surface area (TPSA) is 3.88 Å². The van der Waals surface area contributed by atoms with E-state index >= 15 is 0 Å². The van der Waals surface area contributed by atoms with Crippen molar-refractivity contribution in [2.75, 3.05) is 0 Å². The van der Waals surface area contributed by atoms with E-state index in [9.17, 15) is 0 Å². The molecule has 0 aliphatic rings. The second-order valence-electron chi connectivity index (χ2n) is 5.24. The Kier molecular flexibility index (Phi) is 6.25. The maximum atomic E-state index is 2.37. The first-order valence-electron chi connectivity index (χ1n) is 7.21. The molecule has 0 spiro atoms. The van der Waals surface area contributed by atoms with Crippen molar-refractivity contribution >= 4 is 0 Å². The summed E-state index contributed by atoms with van der Waals surface area (Å²) in [6.45, 7) is 9.03. The lowest BCUT2D eigenvalue weighted by Crippen LogP contribution is -2.36. The maximum absolute atomic E-state index is 2.37. The second-order valence-corrected chi connectivity index (χ2v) is 5.24. The third-order valence-corrected chi connectivity index (χ3v) is 3.36. The summed E-state index contributed by atoms with van der Waals surface area (Å²) in [6.07, 6.45) is 12.3. The second kappa shape index (κ2) is 7.47. The monoisotopic (exact) mass is 234 g/mol. The first kappa shape index (κ1) is 14.2. The number of unbranched alkanes of at least 4 members (excludes halogenated alkanes) is 2. The fourth-order valence-electron chi connectivity index (χ4n) is 2.11. The van der Waals surface area contributed by atoms with Crippen molar-refractivity contribution in [3.05, 3.63) is 29.6 Å². The standard InChI is InChI=1S/C16H28N/c1-5-7-9-15-11-12-17(14(3)4)13-16(15)10-8-6-2/h11-14H,5-10H2,1-4H3/q+1. The summed E-state index contributed by atoms with van der Waals surface area (Å²) in [5.41, 5.74) is 3.13. The predicted molar refractivity (Wildman–Crippen MR) is 74.2 cm³/mol. The minimum Gasteiger partial charge on any atom is -0.203 e. The molecule has 1 aromatic heterocycles. The van der Waals surface area contributed by atoms with E-state index < -0.39 is 0 Å². The van der Waals surface area contributed by atoms with Crippen LogP contribution in [0, 0.1) is 0 Å². The molecule has 0 aliphatic carbocycles. The van der Waals surface area contributed by atoms with E-state index in [-0.39, 0.29) is 0 Å². The zero-order valence-electron chi connectivity index (χ0n) is 12.0. The van der Waals surface area contributed by atoms with E-state index in [2.05, 4.69) is 50.7 Å². The molecule has 1 heterocycles. The number of aryl methyl sites for hydroxylation is 2. The van der Waals surface area contributed by atoms with Gasteiger partial charge in [-0.25, -0.2) is 4.57 Å². The molecule has 0 fully saturated rings. The van der Waals surface area contributed by atoms with Gasteiger partial charge in [0.1, 0.15) is 0 Å². The van der Waals surface area contributed by atoms with Gasteiger partial charge in [0.05, 0.1) is 0 Å². The molecule has 0 unspecified atom stereocenters. The molecule has 1 nitrogen and oxygen atoms in total. The van der Waals surface area contributed by atoms with Crippen LogP contribution >= 0.6 is 0 Å². The Morgan fingerprint density at radius 1 is 1.00 bits per heavy atom. The molecule has 17 heavy (non-hydrogen) atoms. The maximum Gasteiger partial charge on any atom is 0.172 e. The minimum absolute atomic E-state index is 0.565. The van der Waals surface area contributed by atoms with Crippen molar-refractivity contribution in [1.29, 1.82) is 0 Å². The normalized spacial score (nSPS) is 11.1. The van der Waals surface area contributed by atoms with Crippen LogP contribution in [0.2, 0.25) is 0 Å². The van der Waals surface area contributed by atoms with E-state index in [1.807, 2.05) is 0 Å². The first-order chi connectivity index (χ1) is 8.19. The van der Waals surface area contributed by atoms with Crippen molar-refractivity contribution < 1.29 is 4.57 Å². The molecule has 0 bridgehead atoms. The van der Waals surface area contributed by atoms with Gasteiger partial charge in [0.2, 0.25) is 0 Å². The molecule has 96 valence electrons. The van der Waals surface area contributed by atoms with E-state index in [4.69, 9.17) is 0 Å². The Bertz CT molecular complexity index is 328. The van der Waals surface area contributed by atoms with Gasteiger partial charge in [0, 0.05) is 11.6 Å². The lowest BCUT2D eigenvalue weighted by atomic mass is 10.00. The lowest BCUT2D eigenvalue weighted by molar-refractivity contribution is -0.716. The Morgan fingerprint density at radius 2 is 1.59 bits per heavy atom. The first-order valence-corrected chi connectivity index (χ1v) is 7.21. The predicted octanol–water partition coefficient (Wildman–Crippen LogP) is 4.24. The number of hydrogen-bond donors (Lipinski definition) is 0. The highest BCUT2D eigenvalue weighted by Crippen LogP contribution is 2.13. The molecule has 0 atom stereocenters. The van der Waals surface area contributed by atoms with Crippen LogP contribution in [-0.2, 0) is 12.8 Å². The van der Waals surface area contributed by atoms with Crippen LogP contribution in [0.1, 0.15) is 70.5 Å². The van der Waals surface area contributed by atoms with Crippen molar-refractivity contribution in [1.82, 2.24) is 0 Å². The number of nitrogens with zero attached hydrogens (tertiary/aromatic N) is 1. The Hall–Kier alpha value is -0.850. The van der Waals surface area contributed by atoms with Crippen molar-refractivity contribution in [3.8, 4) is 0 Å². The van der Waals surface area contributed by atoms with Gasteiger partial charge in [-0.15, -0.1) is 0 Å². The van der Waals surface area contributed by atoms with Gasteiger partial charge in [0.15, 0.2) is 18.4 Å². The van der Waals surface area contributed by atoms with E-state index in [1.165, 1.54) is 38.5 Å². The zero-order chi connectivity index (χ0) is 12.7. The Balaban J connectivity index is 2.86. The quantitative estimate of drug-likeness (QED) is 0.621. The molecular formula is C16H28N+. The van der Waals surface area contributed by atoms with Crippen LogP contribution in [0.3, 0.4) is 0 Å². The molecule has 0 N–H and O–H groups in total. The molecular weight excluding hydrogens is 206 g/mol. The summed E-state index contributed by atoms with van der Waals surface area (Å²) in [5.74, 6) is 0. The van der Waals surface area contributed by atoms with Gasteiger partial charge in [-0.3, -0.25) is 0 Å². The molecule has 0 radical (unpaired) electrons. The van der Waals surface area contributed by atoms with Crippen LogP contribution in [0.15, 0.2) is 18.5 Å². The van der Waals surface area contributed by atoms with Crippen LogP contribution in [0.5, 0.6) is 0 Å². The molecule has 1 rings (SSSR count). The number of aromatic nitrogens is 1. The molecule has 0 aromatic carbocycles. The summed E-state index contributed by atoms with van der Waals surface area (Å²) in [7, 11) is 0. The summed E-state index contributed by atoms with van der Waals surface area (Å²) < 4.78 is 2.33. The van der Waals surface area contributed by atoms with E-state index in [0.29, 0.717) is 6.04 Å². The Labute approximate surface area is 107 Å². The highest BCUT2D eigenvalue weighted by Gasteiger charge is 2.11. The molecule has 0 saturated carbocycles. The van der Waals surface area contributed by atoms with Crippen LogP contribution in [0.25, 0.3) is 0 Å². The van der Waals surface area contributed by atoms with Crippen molar-refractivity contribution in [2.24, 2.45) is 0 Å². The molecule has 0 amide bonds. The highest BCUT2D eigenvalue weighted by atomic mass is 15.0. The fourth-order valence-corrected chi connectivity index (χ4v) is 2.11. The van der Waals surface area contributed by atoms with Crippen LogP contribution in [-0.4, -0.2) is 0 Å². The smallest absolute Gasteiger partial charge is 0.172 e. The van der Waals surface area contributed by atoms with Gasteiger partial charge < -0.3 is 0 Å². The van der Waals surface area contributed by atoms with E-state index in [1.54, 1.807) is 11.1 Å². The Morgan fingerprint density at radius 3 is 2.12 bits per heavy atom. The fraction of sp³-hybridized carbons (Fsp3) is 0.688. The lowest BCUT2D eigenvalue weighted by Gasteiger charge is -2.09. The van der Waals surface area contributed by atoms with Gasteiger partial charge in [-0.1, -0.05) is 26.7 Å². The van der Waals surface area contributed by atoms with Crippen molar-refractivity contribution in [2.45, 2.75) is 72.3 Å². The summed E-state index contributed by atoms with van der Waals surface area (Å²) in [5, 5.41) is 0. The summed E-state index contributed by atoms with van der Waals surface area (Å²) >= 11 is 0. The molecule has 0 saturated heterocycles. The zero-order valence-corrected chi connectivity index (χ0v) is 12.0. The van der Waals surface area contributed by atoms with Crippen LogP contribution in [0.4, 0.5) is 0 Å². The molecule has 0 aliphatic heterocycles. The highest BCUT2D eigenvalue weighted by molar-refractivity contribution is 5.21. The van der Waals surface area contributed by atoms with Crippen LogP contribution < -0.4 is 4.57 Å². The largest absolute Gasteiger partial charge is 0.203 e. The molecule has 1 aromatic rings. The average Bonchev–Trinajstić information content (AvgIpc) is 2.34.